The molecule has 0 fully saturated rings. The Morgan fingerprint density at radius 2 is 2.17 bits per heavy atom. The molecule has 0 atom stereocenters. The van der Waals surface area contributed by atoms with Gasteiger partial charge in [-0.05, 0) is 18.9 Å². The number of ether oxygens (including phenoxy) is 2. The van der Waals surface area contributed by atoms with E-state index in [4.69, 9.17) is 9.47 Å². The Kier molecular flexibility index (Phi) is 7.70. The SMILES string of the molecule is CCC=C(C=O)OCOCCC. The summed E-state index contributed by atoms with van der Waals surface area (Å²) in [6, 6.07) is 0. The Balaban J connectivity index is 3.45. The summed E-state index contributed by atoms with van der Waals surface area (Å²) < 4.78 is 10.0. The minimum absolute atomic E-state index is 0.165. The van der Waals surface area contributed by atoms with Crippen LogP contribution in [0.25, 0.3) is 0 Å². The molecule has 0 aliphatic heterocycles. The van der Waals surface area contributed by atoms with E-state index in [-0.39, 0.29) is 6.79 Å². The van der Waals surface area contributed by atoms with Gasteiger partial charge in [-0.15, -0.1) is 0 Å². The van der Waals surface area contributed by atoms with Gasteiger partial charge in [0, 0.05) is 0 Å². The van der Waals surface area contributed by atoms with Crippen molar-refractivity contribution in [3.8, 4) is 0 Å². The molecular formula is C9H16O3. The topological polar surface area (TPSA) is 35.5 Å². The van der Waals surface area contributed by atoms with Gasteiger partial charge in [-0.25, -0.2) is 0 Å². The summed E-state index contributed by atoms with van der Waals surface area (Å²) in [4.78, 5) is 10.3. The van der Waals surface area contributed by atoms with Crippen LogP contribution in [0.15, 0.2) is 11.8 Å². The van der Waals surface area contributed by atoms with Crippen molar-refractivity contribution in [1.29, 1.82) is 0 Å². The van der Waals surface area contributed by atoms with Crippen LogP contribution in [0.4, 0.5) is 0 Å². The molecule has 0 rings (SSSR count). The van der Waals surface area contributed by atoms with Gasteiger partial charge in [-0.1, -0.05) is 13.8 Å². The normalized spacial score (nSPS) is 11.3. The van der Waals surface area contributed by atoms with Gasteiger partial charge in [-0.2, -0.15) is 0 Å². The summed E-state index contributed by atoms with van der Waals surface area (Å²) in [6.07, 6.45) is 4.17. The summed E-state index contributed by atoms with van der Waals surface area (Å²) in [5.74, 6) is 0.355. The van der Waals surface area contributed by atoms with E-state index >= 15 is 0 Å². The van der Waals surface area contributed by atoms with Crippen molar-refractivity contribution in [1.82, 2.24) is 0 Å². The molecule has 70 valence electrons. The fraction of sp³-hybridized carbons (Fsp3) is 0.667. The monoisotopic (exact) mass is 172 g/mol. The summed E-state index contributed by atoms with van der Waals surface area (Å²) in [5, 5.41) is 0. The third kappa shape index (κ3) is 5.92. The quantitative estimate of drug-likeness (QED) is 0.193. The van der Waals surface area contributed by atoms with Gasteiger partial charge in [0.25, 0.3) is 0 Å². The van der Waals surface area contributed by atoms with Crippen molar-refractivity contribution >= 4 is 6.29 Å². The van der Waals surface area contributed by atoms with E-state index in [0.717, 1.165) is 12.8 Å². The second-order valence-electron chi connectivity index (χ2n) is 2.30. The Bertz CT molecular complexity index is 141. The lowest BCUT2D eigenvalue weighted by atomic mass is 10.4. The summed E-state index contributed by atoms with van der Waals surface area (Å²) in [7, 11) is 0. The molecule has 0 saturated carbocycles. The maximum absolute atomic E-state index is 10.3. The molecule has 0 N–H and O–H groups in total. The van der Waals surface area contributed by atoms with Gasteiger partial charge in [0.05, 0.1) is 6.61 Å². The number of carbonyl (C=O) groups is 1. The van der Waals surface area contributed by atoms with Crippen LogP contribution in [-0.2, 0) is 14.3 Å². The molecule has 3 heteroatoms. The number of hydrogen-bond acceptors (Lipinski definition) is 3. The minimum Gasteiger partial charge on any atom is -0.464 e. The first-order valence-corrected chi connectivity index (χ1v) is 4.21. The van der Waals surface area contributed by atoms with E-state index < -0.39 is 0 Å². The van der Waals surface area contributed by atoms with Crippen molar-refractivity contribution in [2.24, 2.45) is 0 Å². The average Bonchev–Trinajstić information content (AvgIpc) is 2.10. The smallest absolute Gasteiger partial charge is 0.189 e. The molecule has 0 aromatic heterocycles. The van der Waals surface area contributed by atoms with E-state index in [9.17, 15) is 4.79 Å². The third-order valence-electron chi connectivity index (χ3n) is 1.18. The molecule has 0 aromatic carbocycles. The van der Waals surface area contributed by atoms with Crippen LogP contribution in [0.5, 0.6) is 0 Å². The average molecular weight is 172 g/mol. The first-order chi connectivity index (χ1) is 5.85. The Morgan fingerprint density at radius 1 is 1.42 bits per heavy atom. The van der Waals surface area contributed by atoms with Crippen LogP contribution in [0, 0.1) is 0 Å². The standard InChI is InChI=1S/C9H16O3/c1-3-5-9(7-10)12-8-11-6-4-2/h5,7H,3-4,6,8H2,1-2H3. The molecule has 0 unspecified atom stereocenters. The van der Waals surface area contributed by atoms with E-state index in [1.54, 1.807) is 6.08 Å². The van der Waals surface area contributed by atoms with Crippen molar-refractivity contribution in [3.05, 3.63) is 11.8 Å². The molecule has 0 saturated heterocycles. The fourth-order valence-electron chi connectivity index (χ4n) is 0.655. The molecule has 12 heavy (non-hydrogen) atoms. The first kappa shape index (κ1) is 11.2. The van der Waals surface area contributed by atoms with Gasteiger partial charge >= 0.3 is 0 Å². The van der Waals surface area contributed by atoms with E-state index in [1.807, 2.05) is 13.8 Å². The fourth-order valence-corrected chi connectivity index (χ4v) is 0.655. The predicted molar refractivity (Wildman–Crippen MR) is 46.6 cm³/mol. The molecule has 0 amide bonds. The number of rotatable bonds is 7. The van der Waals surface area contributed by atoms with Gasteiger partial charge in [-0.3, -0.25) is 4.79 Å². The van der Waals surface area contributed by atoms with Crippen LogP contribution < -0.4 is 0 Å². The molecule has 0 bridgehead atoms. The zero-order valence-corrected chi connectivity index (χ0v) is 7.71. The third-order valence-corrected chi connectivity index (χ3v) is 1.18. The highest BCUT2D eigenvalue weighted by Crippen LogP contribution is 1.95. The van der Waals surface area contributed by atoms with E-state index in [1.165, 1.54) is 0 Å². The zero-order valence-electron chi connectivity index (χ0n) is 7.71. The number of aldehydes is 1. The molecule has 0 heterocycles. The molecule has 0 aliphatic carbocycles. The maximum atomic E-state index is 10.3. The number of allylic oxidation sites excluding steroid dienone is 2. The van der Waals surface area contributed by atoms with Gasteiger partial charge < -0.3 is 9.47 Å². The number of hydrogen-bond donors (Lipinski definition) is 0. The second kappa shape index (κ2) is 8.27. The highest BCUT2D eigenvalue weighted by Gasteiger charge is 1.93. The largest absolute Gasteiger partial charge is 0.464 e. The highest BCUT2D eigenvalue weighted by molar-refractivity contribution is 5.69. The lowest BCUT2D eigenvalue weighted by molar-refractivity contribution is -0.110. The van der Waals surface area contributed by atoms with Crippen LogP contribution in [0.3, 0.4) is 0 Å². The minimum atomic E-state index is 0.165. The van der Waals surface area contributed by atoms with Crippen molar-refractivity contribution in [2.75, 3.05) is 13.4 Å². The van der Waals surface area contributed by atoms with Gasteiger partial charge in [0.2, 0.25) is 0 Å². The maximum Gasteiger partial charge on any atom is 0.189 e. The Morgan fingerprint density at radius 3 is 2.67 bits per heavy atom. The molecule has 0 radical (unpaired) electrons. The molecular weight excluding hydrogens is 156 g/mol. The summed E-state index contributed by atoms with van der Waals surface area (Å²) in [5.41, 5.74) is 0. The molecule has 0 spiro atoms. The lowest BCUT2D eigenvalue weighted by Gasteiger charge is -2.04. The van der Waals surface area contributed by atoms with Crippen molar-refractivity contribution in [2.45, 2.75) is 26.7 Å². The molecule has 0 aliphatic rings. The van der Waals surface area contributed by atoms with Crippen molar-refractivity contribution < 1.29 is 14.3 Å². The Labute approximate surface area is 73.4 Å². The van der Waals surface area contributed by atoms with Gasteiger partial charge in [0.1, 0.15) is 0 Å². The van der Waals surface area contributed by atoms with Crippen LogP contribution in [0.1, 0.15) is 26.7 Å². The van der Waals surface area contributed by atoms with E-state index in [2.05, 4.69) is 0 Å². The van der Waals surface area contributed by atoms with Gasteiger partial charge in [0.15, 0.2) is 18.8 Å². The summed E-state index contributed by atoms with van der Waals surface area (Å²) >= 11 is 0. The van der Waals surface area contributed by atoms with Crippen LogP contribution in [-0.4, -0.2) is 19.7 Å². The van der Waals surface area contributed by atoms with E-state index in [0.29, 0.717) is 18.7 Å². The highest BCUT2D eigenvalue weighted by atomic mass is 16.7. The van der Waals surface area contributed by atoms with Crippen LogP contribution >= 0.6 is 0 Å². The zero-order chi connectivity index (χ0) is 9.23. The number of carbonyl (C=O) groups excluding carboxylic acids is 1. The second-order valence-corrected chi connectivity index (χ2v) is 2.30. The lowest BCUT2D eigenvalue weighted by Crippen LogP contribution is -2.01. The predicted octanol–water partition coefficient (Wildman–Crippen LogP) is 1.88. The molecule has 3 nitrogen and oxygen atoms in total. The Hall–Kier alpha value is -0.830. The van der Waals surface area contributed by atoms with Crippen molar-refractivity contribution in [3.63, 3.8) is 0 Å². The van der Waals surface area contributed by atoms with Crippen LogP contribution in [0.2, 0.25) is 0 Å². The first-order valence-electron chi connectivity index (χ1n) is 4.21. The molecule has 0 aromatic rings. The summed E-state index contributed by atoms with van der Waals surface area (Å²) in [6.45, 7) is 4.79.